The average Bonchev–Trinajstić information content (AvgIpc) is 2.16. The van der Waals surface area contributed by atoms with E-state index in [2.05, 4.69) is 0 Å². The molecule has 1 fully saturated rings. The molecule has 6 nitrogen and oxygen atoms in total. The van der Waals surface area contributed by atoms with Crippen molar-refractivity contribution in [1.82, 2.24) is 4.31 Å². The summed E-state index contributed by atoms with van der Waals surface area (Å²) in [6.07, 6.45) is 1.22. The predicted molar refractivity (Wildman–Crippen MR) is 55.9 cm³/mol. The fourth-order valence-electron chi connectivity index (χ4n) is 1.62. The number of piperidine rings is 1. The molecule has 7 heteroatoms. The van der Waals surface area contributed by atoms with Crippen LogP contribution >= 0.6 is 0 Å². The summed E-state index contributed by atoms with van der Waals surface area (Å²) in [5.41, 5.74) is 0. The lowest BCUT2D eigenvalue weighted by atomic mass is 9.98. The Morgan fingerprint density at radius 2 is 2.19 bits per heavy atom. The van der Waals surface area contributed by atoms with Crippen LogP contribution in [0.2, 0.25) is 0 Å². The SMILES string of the molecule is CCOC(=O)C1CCN(S(C)(=O)=O)C(=O)C1. The smallest absolute Gasteiger partial charge is 0.309 e. The Morgan fingerprint density at radius 3 is 2.62 bits per heavy atom. The second-order valence-electron chi connectivity index (χ2n) is 3.67. The van der Waals surface area contributed by atoms with Crippen LogP contribution in [-0.4, -0.2) is 44.0 Å². The molecule has 1 rings (SSSR count). The number of carbonyl (C=O) groups excluding carboxylic acids is 2. The van der Waals surface area contributed by atoms with Gasteiger partial charge in [0.25, 0.3) is 0 Å². The average molecular weight is 249 g/mol. The maximum Gasteiger partial charge on any atom is 0.309 e. The van der Waals surface area contributed by atoms with Gasteiger partial charge in [-0.25, -0.2) is 12.7 Å². The number of hydrogen-bond donors (Lipinski definition) is 0. The molecule has 1 aliphatic heterocycles. The van der Waals surface area contributed by atoms with E-state index >= 15 is 0 Å². The second-order valence-corrected chi connectivity index (χ2v) is 5.58. The van der Waals surface area contributed by atoms with Crippen molar-refractivity contribution < 1.29 is 22.7 Å². The van der Waals surface area contributed by atoms with Crippen LogP contribution in [0, 0.1) is 5.92 Å². The molecule has 1 aliphatic rings. The van der Waals surface area contributed by atoms with Gasteiger partial charge in [-0.3, -0.25) is 9.59 Å². The van der Waals surface area contributed by atoms with Gasteiger partial charge in [0.05, 0.1) is 18.8 Å². The Hall–Kier alpha value is -1.11. The summed E-state index contributed by atoms with van der Waals surface area (Å²) in [6.45, 7) is 2.01. The quantitative estimate of drug-likeness (QED) is 0.644. The minimum atomic E-state index is -3.50. The van der Waals surface area contributed by atoms with E-state index in [0.717, 1.165) is 10.6 Å². The summed E-state index contributed by atoms with van der Waals surface area (Å²) >= 11 is 0. The van der Waals surface area contributed by atoms with Crippen molar-refractivity contribution in [1.29, 1.82) is 0 Å². The van der Waals surface area contributed by atoms with Gasteiger partial charge in [0.15, 0.2) is 0 Å². The Balaban J connectivity index is 2.66. The first-order chi connectivity index (χ1) is 7.36. The van der Waals surface area contributed by atoms with Gasteiger partial charge in [-0.15, -0.1) is 0 Å². The van der Waals surface area contributed by atoms with Crippen molar-refractivity contribution in [2.45, 2.75) is 19.8 Å². The van der Waals surface area contributed by atoms with Gasteiger partial charge in [-0.2, -0.15) is 0 Å². The molecular formula is C9H15NO5S. The predicted octanol–water partition coefficient (Wildman–Crippen LogP) is -0.252. The third kappa shape index (κ3) is 2.94. The number of nitrogens with zero attached hydrogens (tertiary/aromatic N) is 1. The third-order valence-corrected chi connectivity index (χ3v) is 3.59. The number of amides is 1. The van der Waals surface area contributed by atoms with E-state index in [0.29, 0.717) is 6.42 Å². The summed E-state index contributed by atoms with van der Waals surface area (Å²) in [4.78, 5) is 22.9. The monoisotopic (exact) mass is 249 g/mol. The standard InChI is InChI=1S/C9H15NO5S/c1-3-15-9(12)7-4-5-10(8(11)6-7)16(2,13)14/h7H,3-6H2,1-2H3. The Kier molecular flexibility index (Phi) is 3.90. The maximum atomic E-state index is 11.5. The highest BCUT2D eigenvalue weighted by Gasteiger charge is 2.35. The number of esters is 1. The van der Waals surface area contributed by atoms with Gasteiger partial charge in [-0.1, -0.05) is 0 Å². The molecule has 1 saturated heterocycles. The minimum Gasteiger partial charge on any atom is -0.466 e. The van der Waals surface area contributed by atoms with E-state index in [9.17, 15) is 18.0 Å². The molecule has 0 aromatic heterocycles. The van der Waals surface area contributed by atoms with Crippen LogP contribution in [0.3, 0.4) is 0 Å². The topological polar surface area (TPSA) is 80.8 Å². The normalized spacial score (nSPS) is 22.0. The Bertz CT molecular complexity index is 389. The molecule has 92 valence electrons. The summed E-state index contributed by atoms with van der Waals surface area (Å²) in [5.74, 6) is -1.47. The lowest BCUT2D eigenvalue weighted by Gasteiger charge is -2.28. The van der Waals surface area contributed by atoms with Crippen molar-refractivity contribution in [2.24, 2.45) is 5.92 Å². The molecular weight excluding hydrogens is 234 g/mol. The van der Waals surface area contributed by atoms with Crippen LogP contribution in [0.4, 0.5) is 0 Å². The minimum absolute atomic E-state index is 0.0567. The zero-order valence-corrected chi connectivity index (χ0v) is 10.1. The molecule has 1 unspecified atom stereocenters. The van der Waals surface area contributed by atoms with E-state index in [1.807, 2.05) is 0 Å². The molecule has 1 heterocycles. The van der Waals surface area contributed by atoms with Crippen molar-refractivity contribution in [3.05, 3.63) is 0 Å². The van der Waals surface area contributed by atoms with Crippen LogP contribution in [0.25, 0.3) is 0 Å². The van der Waals surface area contributed by atoms with Gasteiger partial charge < -0.3 is 4.74 Å². The van der Waals surface area contributed by atoms with Crippen LogP contribution < -0.4 is 0 Å². The molecule has 0 N–H and O–H groups in total. The van der Waals surface area contributed by atoms with Gasteiger partial charge in [0, 0.05) is 13.0 Å². The summed E-state index contributed by atoms with van der Waals surface area (Å²) in [5, 5.41) is 0. The van der Waals surface area contributed by atoms with Crippen LogP contribution in [0.15, 0.2) is 0 Å². The van der Waals surface area contributed by atoms with Crippen molar-refractivity contribution >= 4 is 21.9 Å². The molecule has 16 heavy (non-hydrogen) atoms. The maximum absolute atomic E-state index is 11.5. The van der Waals surface area contributed by atoms with E-state index in [1.54, 1.807) is 6.92 Å². The van der Waals surface area contributed by atoms with Gasteiger partial charge in [-0.05, 0) is 13.3 Å². The lowest BCUT2D eigenvalue weighted by Crippen LogP contribution is -2.44. The van der Waals surface area contributed by atoms with Gasteiger partial charge in [0.2, 0.25) is 15.9 Å². The summed E-state index contributed by atoms with van der Waals surface area (Å²) in [7, 11) is -3.50. The van der Waals surface area contributed by atoms with E-state index in [1.165, 1.54) is 0 Å². The number of hydrogen-bond acceptors (Lipinski definition) is 5. The molecule has 0 spiro atoms. The van der Waals surface area contributed by atoms with E-state index in [-0.39, 0.29) is 19.6 Å². The summed E-state index contributed by atoms with van der Waals surface area (Å²) < 4.78 is 28.0. The van der Waals surface area contributed by atoms with Crippen LogP contribution in [0.1, 0.15) is 19.8 Å². The first kappa shape index (κ1) is 13.0. The largest absolute Gasteiger partial charge is 0.466 e. The fraction of sp³-hybridized carbons (Fsp3) is 0.778. The van der Waals surface area contributed by atoms with Crippen molar-refractivity contribution in [2.75, 3.05) is 19.4 Å². The molecule has 0 radical (unpaired) electrons. The molecule has 1 amide bonds. The second kappa shape index (κ2) is 4.82. The van der Waals surface area contributed by atoms with Gasteiger partial charge >= 0.3 is 5.97 Å². The lowest BCUT2D eigenvalue weighted by molar-refractivity contribution is -0.152. The summed E-state index contributed by atoms with van der Waals surface area (Å²) in [6, 6.07) is 0. The first-order valence-electron chi connectivity index (χ1n) is 5.03. The van der Waals surface area contributed by atoms with E-state index < -0.39 is 27.8 Å². The number of rotatable bonds is 3. The molecule has 0 bridgehead atoms. The highest BCUT2D eigenvalue weighted by molar-refractivity contribution is 7.88. The number of ether oxygens (including phenoxy) is 1. The zero-order valence-electron chi connectivity index (χ0n) is 9.30. The van der Waals surface area contributed by atoms with Crippen molar-refractivity contribution in [3.8, 4) is 0 Å². The molecule has 0 saturated carbocycles. The van der Waals surface area contributed by atoms with Crippen LogP contribution in [0.5, 0.6) is 0 Å². The fourth-order valence-corrected chi connectivity index (χ4v) is 2.51. The zero-order chi connectivity index (χ0) is 12.3. The van der Waals surface area contributed by atoms with Crippen molar-refractivity contribution in [3.63, 3.8) is 0 Å². The molecule has 0 aromatic rings. The Morgan fingerprint density at radius 1 is 1.56 bits per heavy atom. The number of carbonyl (C=O) groups is 2. The highest BCUT2D eigenvalue weighted by atomic mass is 32.2. The van der Waals surface area contributed by atoms with Gasteiger partial charge in [0.1, 0.15) is 0 Å². The highest BCUT2D eigenvalue weighted by Crippen LogP contribution is 2.21. The van der Waals surface area contributed by atoms with E-state index in [4.69, 9.17) is 4.74 Å². The van der Waals surface area contributed by atoms with Crippen LogP contribution in [-0.2, 0) is 24.3 Å². The third-order valence-electron chi connectivity index (χ3n) is 2.40. The molecule has 1 atom stereocenters. The molecule has 0 aliphatic carbocycles. The number of sulfonamides is 1. The Labute approximate surface area is 94.6 Å². The molecule has 0 aromatic carbocycles. The first-order valence-corrected chi connectivity index (χ1v) is 6.88.